The van der Waals surface area contributed by atoms with Crippen LogP contribution in [0.2, 0.25) is 18.1 Å². The van der Waals surface area contributed by atoms with Crippen LogP contribution in [0.4, 0.5) is 4.39 Å². The van der Waals surface area contributed by atoms with Gasteiger partial charge in [0.2, 0.25) is 0 Å². The van der Waals surface area contributed by atoms with E-state index in [-0.39, 0.29) is 17.0 Å². The number of halogens is 1. The number of hydrogen-bond donors (Lipinski definition) is 1. The molecule has 1 aromatic heterocycles. The summed E-state index contributed by atoms with van der Waals surface area (Å²) in [6.07, 6.45) is 2.84. The highest BCUT2D eigenvalue weighted by Gasteiger charge is 2.37. The fourth-order valence-corrected chi connectivity index (χ4v) is 3.23. The van der Waals surface area contributed by atoms with E-state index in [9.17, 15) is 9.18 Å². The Morgan fingerprint density at radius 1 is 1.33 bits per heavy atom. The van der Waals surface area contributed by atoms with Crippen molar-refractivity contribution in [3.8, 4) is 0 Å². The Bertz CT molecular complexity index is 769. The van der Waals surface area contributed by atoms with Crippen molar-refractivity contribution in [3.05, 3.63) is 41.5 Å². The third-order valence-corrected chi connectivity index (χ3v) is 9.28. The van der Waals surface area contributed by atoms with Gasteiger partial charge in [0.05, 0.1) is 13.0 Å². The summed E-state index contributed by atoms with van der Waals surface area (Å²) in [5.74, 6) is -1.57. The first-order valence-electron chi connectivity index (χ1n) is 7.92. The van der Waals surface area contributed by atoms with Crippen LogP contribution in [-0.4, -0.2) is 24.4 Å². The van der Waals surface area contributed by atoms with Crippen molar-refractivity contribution in [1.82, 2.24) is 4.98 Å². The summed E-state index contributed by atoms with van der Waals surface area (Å²) in [5.41, 5.74) is 0.894. The van der Waals surface area contributed by atoms with Crippen molar-refractivity contribution in [2.75, 3.05) is 0 Å². The van der Waals surface area contributed by atoms with E-state index in [1.165, 1.54) is 6.07 Å². The van der Waals surface area contributed by atoms with E-state index in [0.29, 0.717) is 17.6 Å². The molecule has 0 spiro atoms. The maximum atomic E-state index is 14.5. The SMILES string of the molecule is CC(C)(C)[Si](C)(C)OCc1cc(F)c(CC(=O)O)c2ccncc12. The number of carboxylic acid groups (broad SMARTS) is 1. The molecule has 1 aromatic carbocycles. The molecule has 0 saturated carbocycles. The minimum absolute atomic E-state index is 0.0584. The molecule has 2 aromatic rings. The molecule has 6 heteroatoms. The van der Waals surface area contributed by atoms with Crippen LogP contribution < -0.4 is 0 Å². The summed E-state index contributed by atoms with van der Waals surface area (Å²) in [5, 5.41) is 10.4. The molecule has 0 fully saturated rings. The molecule has 2 rings (SSSR count). The van der Waals surface area contributed by atoms with E-state index in [1.807, 2.05) is 0 Å². The lowest BCUT2D eigenvalue weighted by Crippen LogP contribution is -2.40. The van der Waals surface area contributed by atoms with Crippen LogP contribution in [0.15, 0.2) is 24.5 Å². The van der Waals surface area contributed by atoms with E-state index in [0.717, 1.165) is 5.39 Å². The van der Waals surface area contributed by atoms with Gasteiger partial charge < -0.3 is 9.53 Å². The summed E-state index contributed by atoms with van der Waals surface area (Å²) in [6, 6.07) is 3.04. The summed E-state index contributed by atoms with van der Waals surface area (Å²) >= 11 is 0. The Balaban J connectivity index is 2.44. The third-order valence-electron chi connectivity index (χ3n) is 4.80. The smallest absolute Gasteiger partial charge is 0.307 e. The first-order chi connectivity index (χ1) is 11.0. The van der Waals surface area contributed by atoms with E-state index in [2.05, 4.69) is 38.8 Å². The predicted molar refractivity (Wildman–Crippen MR) is 95.0 cm³/mol. The van der Waals surface area contributed by atoms with Crippen LogP contribution >= 0.6 is 0 Å². The standard InChI is InChI=1S/C18H24FNO3Si/c1-18(2,3)24(4,5)23-11-12-8-16(19)14(9-17(21)22)13-6-7-20-10-15(12)13/h6-8,10H,9,11H2,1-5H3,(H,21,22). The molecule has 0 aliphatic carbocycles. The van der Waals surface area contributed by atoms with Crippen molar-refractivity contribution < 1.29 is 18.7 Å². The maximum Gasteiger partial charge on any atom is 0.307 e. The molecule has 0 amide bonds. The lowest BCUT2D eigenvalue weighted by molar-refractivity contribution is -0.136. The van der Waals surface area contributed by atoms with Gasteiger partial charge in [0.1, 0.15) is 5.82 Å². The zero-order valence-electron chi connectivity index (χ0n) is 14.8. The van der Waals surface area contributed by atoms with E-state index >= 15 is 0 Å². The van der Waals surface area contributed by atoms with Crippen molar-refractivity contribution in [3.63, 3.8) is 0 Å². The number of aliphatic carboxylic acids is 1. The Kier molecular flexibility index (Phi) is 5.10. The van der Waals surface area contributed by atoms with Gasteiger partial charge in [0, 0.05) is 23.3 Å². The van der Waals surface area contributed by atoms with Gasteiger partial charge >= 0.3 is 5.97 Å². The first kappa shape index (κ1) is 18.5. The number of hydrogen-bond acceptors (Lipinski definition) is 3. The van der Waals surface area contributed by atoms with Crippen LogP contribution in [-0.2, 0) is 22.2 Å². The molecule has 1 N–H and O–H groups in total. The van der Waals surface area contributed by atoms with Gasteiger partial charge in [-0.05, 0) is 41.2 Å². The fourth-order valence-electron chi connectivity index (χ4n) is 2.28. The highest BCUT2D eigenvalue weighted by Crippen LogP contribution is 2.37. The number of pyridine rings is 1. The topological polar surface area (TPSA) is 59.4 Å². The quantitative estimate of drug-likeness (QED) is 0.806. The molecular formula is C18H24FNO3Si. The van der Waals surface area contributed by atoms with Crippen molar-refractivity contribution >= 4 is 25.1 Å². The van der Waals surface area contributed by atoms with Crippen LogP contribution in [0.1, 0.15) is 31.9 Å². The van der Waals surface area contributed by atoms with Gasteiger partial charge in [-0.3, -0.25) is 9.78 Å². The van der Waals surface area contributed by atoms with Gasteiger partial charge in [-0.2, -0.15) is 0 Å². The monoisotopic (exact) mass is 349 g/mol. The summed E-state index contributed by atoms with van der Waals surface area (Å²) in [6.45, 7) is 11.0. The highest BCUT2D eigenvalue weighted by molar-refractivity contribution is 6.74. The largest absolute Gasteiger partial charge is 0.481 e. The second-order valence-corrected chi connectivity index (χ2v) is 12.3. The average molecular weight is 349 g/mol. The molecule has 0 bridgehead atoms. The second kappa shape index (κ2) is 6.61. The molecule has 0 saturated heterocycles. The molecule has 0 unspecified atom stereocenters. The number of fused-ring (bicyclic) bond motifs is 1. The lowest BCUT2D eigenvalue weighted by Gasteiger charge is -2.36. The molecule has 4 nitrogen and oxygen atoms in total. The van der Waals surface area contributed by atoms with Gasteiger partial charge in [0.15, 0.2) is 8.32 Å². The van der Waals surface area contributed by atoms with E-state index in [1.54, 1.807) is 18.5 Å². The van der Waals surface area contributed by atoms with E-state index < -0.39 is 20.1 Å². The van der Waals surface area contributed by atoms with Crippen molar-refractivity contribution in [1.29, 1.82) is 0 Å². The molecule has 0 radical (unpaired) electrons. The van der Waals surface area contributed by atoms with E-state index in [4.69, 9.17) is 9.53 Å². The summed E-state index contributed by atoms with van der Waals surface area (Å²) in [4.78, 5) is 15.1. The molecule has 1 heterocycles. The van der Waals surface area contributed by atoms with Crippen LogP contribution in [0.3, 0.4) is 0 Å². The number of benzene rings is 1. The minimum atomic E-state index is -1.97. The van der Waals surface area contributed by atoms with Gasteiger partial charge in [-0.25, -0.2) is 4.39 Å². The Morgan fingerprint density at radius 2 is 2.00 bits per heavy atom. The van der Waals surface area contributed by atoms with Crippen LogP contribution in [0, 0.1) is 5.82 Å². The number of aromatic nitrogens is 1. The van der Waals surface area contributed by atoms with Gasteiger partial charge in [-0.15, -0.1) is 0 Å². The summed E-state index contributed by atoms with van der Waals surface area (Å²) < 4.78 is 20.7. The molecule has 24 heavy (non-hydrogen) atoms. The lowest BCUT2D eigenvalue weighted by atomic mass is 9.99. The van der Waals surface area contributed by atoms with Gasteiger partial charge in [-0.1, -0.05) is 20.8 Å². The Morgan fingerprint density at radius 3 is 2.58 bits per heavy atom. The molecular weight excluding hydrogens is 325 g/mol. The zero-order valence-corrected chi connectivity index (χ0v) is 15.8. The predicted octanol–water partition coefficient (Wildman–Crippen LogP) is 4.52. The fraction of sp³-hybridized carbons (Fsp3) is 0.444. The summed E-state index contributed by atoms with van der Waals surface area (Å²) in [7, 11) is -1.97. The Labute approximate surface area is 142 Å². The first-order valence-corrected chi connectivity index (χ1v) is 10.8. The minimum Gasteiger partial charge on any atom is -0.481 e. The van der Waals surface area contributed by atoms with Gasteiger partial charge in [0.25, 0.3) is 0 Å². The number of carbonyl (C=O) groups is 1. The van der Waals surface area contributed by atoms with Crippen molar-refractivity contribution in [2.45, 2.75) is 51.9 Å². The second-order valence-electron chi connectivity index (χ2n) is 7.54. The van der Waals surface area contributed by atoms with Crippen LogP contribution in [0.5, 0.6) is 0 Å². The molecule has 0 aliphatic rings. The van der Waals surface area contributed by atoms with Crippen LogP contribution in [0.25, 0.3) is 10.8 Å². The van der Waals surface area contributed by atoms with Crippen molar-refractivity contribution in [2.24, 2.45) is 0 Å². The average Bonchev–Trinajstić information content (AvgIpc) is 2.47. The molecule has 0 aliphatic heterocycles. The molecule has 130 valence electrons. The normalized spacial score (nSPS) is 12.6. The number of nitrogens with zero attached hydrogens (tertiary/aromatic N) is 1. The number of carboxylic acids is 1. The third kappa shape index (κ3) is 3.81. The maximum absolute atomic E-state index is 14.5. The zero-order chi connectivity index (χ0) is 18.1. The molecule has 0 atom stereocenters. The highest BCUT2D eigenvalue weighted by atomic mass is 28.4. The number of rotatable bonds is 5. The Hall–Kier alpha value is -1.79.